The maximum Gasteiger partial charge on any atom is 0.130 e. The predicted molar refractivity (Wildman–Crippen MR) is 80.0 cm³/mol. The number of aromatic nitrogens is 1. The first-order chi connectivity index (χ1) is 9.05. The SMILES string of the molecule is COc1cc(C)nc2c(CC(C)CN)cc(Cl)cc12. The normalized spacial score (nSPS) is 12.7. The van der Waals surface area contributed by atoms with Crippen molar-refractivity contribution in [2.75, 3.05) is 13.7 Å². The Balaban J connectivity index is 2.65. The summed E-state index contributed by atoms with van der Waals surface area (Å²) in [6.45, 7) is 4.74. The smallest absolute Gasteiger partial charge is 0.130 e. The fourth-order valence-corrected chi connectivity index (χ4v) is 2.48. The first kappa shape index (κ1) is 14.1. The van der Waals surface area contributed by atoms with Crippen LogP contribution in [0.4, 0.5) is 0 Å². The Bertz CT molecular complexity index is 598. The van der Waals surface area contributed by atoms with E-state index in [1.807, 2.05) is 25.1 Å². The zero-order chi connectivity index (χ0) is 14.0. The van der Waals surface area contributed by atoms with Crippen molar-refractivity contribution < 1.29 is 4.74 Å². The zero-order valence-corrected chi connectivity index (χ0v) is 12.3. The second kappa shape index (κ2) is 5.76. The van der Waals surface area contributed by atoms with Gasteiger partial charge in [0.25, 0.3) is 0 Å². The van der Waals surface area contributed by atoms with E-state index in [1.54, 1.807) is 7.11 Å². The summed E-state index contributed by atoms with van der Waals surface area (Å²) in [6.07, 6.45) is 0.868. The summed E-state index contributed by atoms with van der Waals surface area (Å²) < 4.78 is 5.43. The summed E-state index contributed by atoms with van der Waals surface area (Å²) in [5.41, 5.74) is 8.74. The van der Waals surface area contributed by atoms with Crippen molar-refractivity contribution in [2.24, 2.45) is 11.7 Å². The van der Waals surface area contributed by atoms with Crippen LogP contribution in [0.2, 0.25) is 5.02 Å². The van der Waals surface area contributed by atoms with Crippen LogP contribution in [-0.4, -0.2) is 18.6 Å². The highest BCUT2D eigenvalue weighted by molar-refractivity contribution is 6.31. The van der Waals surface area contributed by atoms with Crippen LogP contribution in [0.5, 0.6) is 5.75 Å². The van der Waals surface area contributed by atoms with E-state index in [1.165, 1.54) is 0 Å². The second-order valence-electron chi connectivity index (χ2n) is 4.97. The molecule has 0 aliphatic rings. The molecule has 3 nitrogen and oxygen atoms in total. The van der Waals surface area contributed by atoms with Crippen LogP contribution < -0.4 is 10.5 Å². The number of nitrogens with zero attached hydrogens (tertiary/aromatic N) is 1. The molecule has 0 bridgehead atoms. The number of rotatable bonds is 4. The minimum absolute atomic E-state index is 0.398. The second-order valence-corrected chi connectivity index (χ2v) is 5.41. The summed E-state index contributed by atoms with van der Waals surface area (Å²) in [4.78, 5) is 4.63. The van der Waals surface area contributed by atoms with Crippen LogP contribution in [0.25, 0.3) is 10.9 Å². The van der Waals surface area contributed by atoms with Gasteiger partial charge in [0.2, 0.25) is 0 Å². The number of aryl methyl sites for hydroxylation is 1. The van der Waals surface area contributed by atoms with Gasteiger partial charge in [0.1, 0.15) is 5.75 Å². The Labute approximate surface area is 118 Å². The Morgan fingerprint density at radius 2 is 2.11 bits per heavy atom. The number of ether oxygens (including phenoxy) is 1. The first-order valence-corrected chi connectivity index (χ1v) is 6.76. The van der Waals surface area contributed by atoms with Crippen molar-refractivity contribution in [3.63, 3.8) is 0 Å². The number of hydrogen-bond donors (Lipinski definition) is 1. The molecule has 1 aromatic heterocycles. The average Bonchev–Trinajstić information content (AvgIpc) is 2.38. The van der Waals surface area contributed by atoms with E-state index < -0.39 is 0 Å². The van der Waals surface area contributed by atoms with E-state index in [-0.39, 0.29) is 0 Å². The molecule has 0 amide bonds. The molecule has 0 radical (unpaired) electrons. The highest BCUT2D eigenvalue weighted by Gasteiger charge is 2.12. The quantitative estimate of drug-likeness (QED) is 0.933. The van der Waals surface area contributed by atoms with Crippen LogP contribution in [0, 0.1) is 12.8 Å². The maximum atomic E-state index is 6.20. The van der Waals surface area contributed by atoms with Gasteiger partial charge >= 0.3 is 0 Å². The van der Waals surface area contributed by atoms with Gasteiger partial charge in [0, 0.05) is 22.2 Å². The van der Waals surface area contributed by atoms with Crippen molar-refractivity contribution >= 4 is 22.5 Å². The third-order valence-electron chi connectivity index (χ3n) is 3.24. The lowest BCUT2D eigenvalue weighted by Crippen LogP contribution is -2.13. The van der Waals surface area contributed by atoms with E-state index in [2.05, 4.69) is 11.9 Å². The Kier molecular flexibility index (Phi) is 4.27. The fraction of sp³-hybridized carbons (Fsp3) is 0.400. The summed E-state index contributed by atoms with van der Waals surface area (Å²) in [5.74, 6) is 1.21. The van der Waals surface area contributed by atoms with Crippen LogP contribution in [-0.2, 0) is 6.42 Å². The molecular formula is C15H19ClN2O. The molecule has 0 saturated heterocycles. The molecule has 1 atom stereocenters. The van der Waals surface area contributed by atoms with Gasteiger partial charge in [-0.25, -0.2) is 0 Å². The molecule has 1 aromatic carbocycles. The molecule has 2 aromatic rings. The van der Waals surface area contributed by atoms with Crippen molar-refractivity contribution in [1.29, 1.82) is 0 Å². The molecule has 102 valence electrons. The van der Waals surface area contributed by atoms with Gasteiger partial charge in [0.05, 0.1) is 12.6 Å². The lowest BCUT2D eigenvalue weighted by atomic mass is 9.98. The number of fused-ring (bicyclic) bond motifs is 1. The average molecular weight is 279 g/mol. The molecule has 1 unspecified atom stereocenters. The van der Waals surface area contributed by atoms with Crippen molar-refractivity contribution in [3.8, 4) is 5.75 Å². The molecule has 0 aliphatic carbocycles. The number of pyridine rings is 1. The Morgan fingerprint density at radius 1 is 1.37 bits per heavy atom. The van der Waals surface area contributed by atoms with Gasteiger partial charge in [-0.3, -0.25) is 4.98 Å². The van der Waals surface area contributed by atoms with Gasteiger partial charge in [-0.15, -0.1) is 0 Å². The monoisotopic (exact) mass is 278 g/mol. The van der Waals surface area contributed by atoms with Crippen molar-refractivity contribution in [2.45, 2.75) is 20.3 Å². The molecular weight excluding hydrogens is 260 g/mol. The minimum Gasteiger partial charge on any atom is -0.496 e. The molecule has 0 spiro atoms. The third-order valence-corrected chi connectivity index (χ3v) is 3.46. The summed E-state index contributed by atoms with van der Waals surface area (Å²) in [6, 6.07) is 5.80. The van der Waals surface area contributed by atoms with E-state index in [0.717, 1.165) is 34.3 Å². The topological polar surface area (TPSA) is 48.1 Å². The maximum absolute atomic E-state index is 6.20. The van der Waals surface area contributed by atoms with Crippen molar-refractivity contribution in [1.82, 2.24) is 4.98 Å². The Hall–Kier alpha value is -1.32. The molecule has 1 heterocycles. The predicted octanol–water partition coefficient (Wildman–Crippen LogP) is 3.34. The zero-order valence-electron chi connectivity index (χ0n) is 11.5. The molecule has 0 fully saturated rings. The van der Waals surface area contributed by atoms with E-state index in [4.69, 9.17) is 22.1 Å². The van der Waals surface area contributed by atoms with Crippen molar-refractivity contribution in [3.05, 3.63) is 34.5 Å². The Morgan fingerprint density at radius 3 is 2.74 bits per heavy atom. The van der Waals surface area contributed by atoms with Gasteiger partial charge in [-0.2, -0.15) is 0 Å². The number of methoxy groups -OCH3 is 1. The number of nitrogens with two attached hydrogens (primary N) is 1. The molecule has 2 N–H and O–H groups in total. The standard InChI is InChI=1S/C15H19ClN2O/c1-9(8-17)4-11-6-12(16)7-13-14(19-3)5-10(2)18-15(11)13/h5-7,9H,4,8,17H2,1-3H3. The number of benzene rings is 1. The number of halogens is 1. The largest absolute Gasteiger partial charge is 0.496 e. The van der Waals surface area contributed by atoms with E-state index in [9.17, 15) is 0 Å². The minimum atomic E-state index is 0.398. The van der Waals surface area contributed by atoms with Crippen LogP contribution in [0.3, 0.4) is 0 Å². The fourth-order valence-electron chi connectivity index (χ4n) is 2.23. The van der Waals surface area contributed by atoms with Gasteiger partial charge in [-0.05, 0) is 43.5 Å². The van der Waals surface area contributed by atoms with Gasteiger partial charge < -0.3 is 10.5 Å². The van der Waals surface area contributed by atoms with E-state index in [0.29, 0.717) is 17.5 Å². The summed E-state index contributed by atoms with van der Waals surface area (Å²) in [7, 11) is 1.66. The van der Waals surface area contributed by atoms with Gasteiger partial charge in [0.15, 0.2) is 0 Å². The number of hydrogen-bond acceptors (Lipinski definition) is 3. The lowest BCUT2D eigenvalue weighted by Gasteiger charge is -2.14. The molecule has 4 heteroatoms. The third kappa shape index (κ3) is 2.99. The summed E-state index contributed by atoms with van der Waals surface area (Å²) >= 11 is 6.20. The van der Waals surface area contributed by atoms with Gasteiger partial charge in [-0.1, -0.05) is 18.5 Å². The van der Waals surface area contributed by atoms with Crippen LogP contribution in [0.1, 0.15) is 18.2 Å². The highest BCUT2D eigenvalue weighted by atomic mass is 35.5. The molecule has 0 saturated carbocycles. The first-order valence-electron chi connectivity index (χ1n) is 6.39. The van der Waals surface area contributed by atoms with Crippen LogP contribution >= 0.6 is 11.6 Å². The van der Waals surface area contributed by atoms with E-state index >= 15 is 0 Å². The molecule has 19 heavy (non-hydrogen) atoms. The highest BCUT2D eigenvalue weighted by Crippen LogP contribution is 2.31. The summed E-state index contributed by atoms with van der Waals surface area (Å²) in [5, 5.41) is 1.66. The molecule has 2 rings (SSSR count). The molecule has 0 aliphatic heterocycles. The van der Waals surface area contributed by atoms with Crippen LogP contribution in [0.15, 0.2) is 18.2 Å². The lowest BCUT2D eigenvalue weighted by molar-refractivity contribution is 0.419.